The van der Waals surface area contributed by atoms with Crippen LogP contribution < -0.4 is 9.80 Å². The van der Waals surface area contributed by atoms with E-state index in [0.29, 0.717) is 0 Å². The lowest BCUT2D eigenvalue weighted by molar-refractivity contribution is 0.768. The minimum absolute atomic E-state index is 0.481. The quantitative estimate of drug-likeness (QED) is 0.150. The van der Waals surface area contributed by atoms with Gasteiger partial charge in [0.2, 0.25) is 0 Å². The summed E-state index contributed by atoms with van der Waals surface area (Å²) in [5.41, 5.74) is 23.5. The zero-order chi connectivity index (χ0) is 48.8. The van der Waals surface area contributed by atoms with Crippen LogP contribution in [0.15, 0.2) is 291 Å². The largest absolute Gasteiger partial charge is 0.310 e. The fourth-order valence-electron chi connectivity index (χ4n) is 13.5. The van der Waals surface area contributed by atoms with Gasteiger partial charge in [-0.15, -0.1) is 0 Å². The number of nitrogens with zero attached hydrogens (tertiary/aromatic N) is 2. The molecule has 346 valence electrons. The molecule has 15 rings (SSSR count). The van der Waals surface area contributed by atoms with Gasteiger partial charge in [-0.25, -0.2) is 0 Å². The third-order valence-electron chi connectivity index (χ3n) is 16.3. The first-order chi connectivity index (χ1) is 36.7. The minimum Gasteiger partial charge on any atom is -0.310 e. The Labute approximate surface area is 432 Å². The van der Waals surface area contributed by atoms with Crippen LogP contribution in [-0.4, -0.2) is 0 Å². The molecule has 74 heavy (non-hydrogen) atoms. The van der Waals surface area contributed by atoms with Crippen molar-refractivity contribution in [1.82, 2.24) is 0 Å². The van der Waals surface area contributed by atoms with Crippen LogP contribution in [0.1, 0.15) is 44.5 Å². The van der Waals surface area contributed by atoms with E-state index in [1.807, 2.05) is 0 Å². The maximum absolute atomic E-state index is 2.49. The molecule has 3 aliphatic carbocycles. The van der Waals surface area contributed by atoms with Crippen LogP contribution in [0.5, 0.6) is 0 Å². The summed E-state index contributed by atoms with van der Waals surface area (Å²) >= 11 is 0. The molecule has 0 bridgehead atoms. The Hall–Kier alpha value is -9.50. The van der Waals surface area contributed by atoms with E-state index in [-0.39, 0.29) is 0 Å². The highest BCUT2D eigenvalue weighted by atomic mass is 15.2. The normalized spacial score (nSPS) is 14.9. The summed E-state index contributed by atoms with van der Waals surface area (Å²) in [6, 6.07) is 108. The number of hydrogen-bond donors (Lipinski definition) is 0. The van der Waals surface area contributed by atoms with Gasteiger partial charge in [-0.2, -0.15) is 0 Å². The summed E-state index contributed by atoms with van der Waals surface area (Å²) in [7, 11) is 0. The number of fused-ring (bicyclic) bond motifs is 15. The van der Waals surface area contributed by atoms with Crippen LogP contribution in [0, 0.1) is 0 Å². The first kappa shape index (κ1) is 42.2. The molecule has 1 atom stereocenters. The van der Waals surface area contributed by atoms with Crippen molar-refractivity contribution in [2.24, 2.45) is 0 Å². The van der Waals surface area contributed by atoms with E-state index in [1.54, 1.807) is 0 Å². The summed E-state index contributed by atoms with van der Waals surface area (Å²) in [6.45, 7) is 0. The van der Waals surface area contributed by atoms with E-state index in [2.05, 4.69) is 301 Å². The van der Waals surface area contributed by atoms with E-state index in [4.69, 9.17) is 0 Å². The molecule has 0 N–H and O–H groups in total. The molecule has 3 aliphatic rings. The maximum Gasteiger partial charge on any atom is 0.0746 e. The zero-order valence-corrected chi connectivity index (χ0v) is 40.6. The van der Waals surface area contributed by atoms with E-state index < -0.39 is 10.8 Å². The molecule has 0 fully saturated rings. The number of anilines is 6. The molecule has 0 radical (unpaired) electrons. The van der Waals surface area contributed by atoms with Crippen molar-refractivity contribution in [3.05, 3.63) is 336 Å². The summed E-state index contributed by atoms with van der Waals surface area (Å²) in [5.74, 6) is 0. The second kappa shape index (κ2) is 16.5. The molecule has 12 aromatic rings. The molecule has 0 saturated carbocycles. The lowest BCUT2D eigenvalue weighted by atomic mass is 9.68. The van der Waals surface area contributed by atoms with E-state index in [1.165, 1.54) is 94.3 Å². The number of benzene rings is 12. The number of rotatable bonds is 8. The molecule has 0 heterocycles. The van der Waals surface area contributed by atoms with Gasteiger partial charge < -0.3 is 9.80 Å². The Morgan fingerprint density at radius 2 is 0.622 bits per heavy atom. The average Bonchev–Trinajstić information content (AvgIpc) is 4.15. The van der Waals surface area contributed by atoms with Gasteiger partial charge in [-0.1, -0.05) is 224 Å². The van der Waals surface area contributed by atoms with Crippen molar-refractivity contribution in [3.8, 4) is 33.4 Å². The lowest BCUT2D eigenvalue weighted by Gasteiger charge is -2.36. The second-order valence-electron chi connectivity index (χ2n) is 19.9. The predicted molar refractivity (Wildman–Crippen MR) is 307 cm³/mol. The predicted octanol–water partition coefficient (Wildman–Crippen LogP) is 18.5. The third-order valence-corrected chi connectivity index (χ3v) is 16.3. The smallest absolute Gasteiger partial charge is 0.0746 e. The topological polar surface area (TPSA) is 6.48 Å². The highest BCUT2D eigenvalue weighted by Gasteiger charge is 2.54. The Balaban J connectivity index is 0.984. The van der Waals surface area contributed by atoms with Crippen molar-refractivity contribution in [1.29, 1.82) is 0 Å². The summed E-state index contributed by atoms with van der Waals surface area (Å²) in [4.78, 5) is 4.95. The summed E-state index contributed by atoms with van der Waals surface area (Å²) in [6.07, 6.45) is 0. The Morgan fingerprint density at radius 3 is 1.15 bits per heavy atom. The van der Waals surface area contributed by atoms with Gasteiger partial charge in [0.15, 0.2) is 0 Å². The molecule has 2 heteroatoms. The Kier molecular flexibility index (Phi) is 9.43. The fraction of sp³-hybridized carbons (Fsp3) is 0.0278. The molecule has 0 saturated heterocycles. The third kappa shape index (κ3) is 5.88. The van der Waals surface area contributed by atoms with Gasteiger partial charge in [-0.05, 0) is 150 Å². The molecule has 1 spiro atoms. The summed E-state index contributed by atoms with van der Waals surface area (Å²) in [5, 5.41) is 2.48. The van der Waals surface area contributed by atoms with Crippen molar-refractivity contribution in [2.75, 3.05) is 9.80 Å². The van der Waals surface area contributed by atoms with Gasteiger partial charge in [0.1, 0.15) is 0 Å². The van der Waals surface area contributed by atoms with E-state index in [0.717, 1.165) is 28.4 Å². The minimum atomic E-state index is -0.634. The van der Waals surface area contributed by atoms with Crippen LogP contribution in [0.2, 0.25) is 0 Å². The average molecular weight is 941 g/mol. The fourth-order valence-corrected chi connectivity index (χ4v) is 13.5. The van der Waals surface area contributed by atoms with Crippen LogP contribution in [0.4, 0.5) is 34.1 Å². The van der Waals surface area contributed by atoms with E-state index in [9.17, 15) is 0 Å². The second-order valence-corrected chi connectivity index (χ2v) is 19.9. The van der Waals surface area contributed by atoms with Crippen molar-refractivity contribution in [3.63, 3.8) is 0 Å². The molecular formula is C72H48N2. The first-order valence-electron chi connectivity index (χ1n) is 25.8. The summed E-state index contributed by atoms with van der Waals surface area (Å²) < 4.78 is 0. The van der Waals surface area contributed by atoms with Gasteiger partial charge >= 0.3 is 0 Å². The molecular weight excluding hydrogens is 893 g/mol. The van der Waals surface area contributed by atoms with Crippen molar-refractivity contribution >= 4 is 44.9 Å². The highest BCUT2D eigenvalue weighted by Crippen LogP contribution is 2.67. The Morgan fingerprint density at radius 1 is 0.243 bits per heavy atom. The van der Waals surface area contributed by atoms with E-state index >= 15 is 0 Å². The van der Waals surface area contributed by atoms with Crippen molar-refractivity contribution in [2.45, 2.75) is 10.8 Å². The molecule has 0 aromatic heterocycles. The highest BCUT2D eigenvalue weighted by molar-refractivity contribution is 6.11. The zero-order valence-electron chi connectivity index (χ0n) is 40.6. The van der Waals surface area contributed by atoms with Gasteiger partial charge in [0.25, 0.3) is 0 Å². The molecule has 12 aromatic carbocycles. The van der Waals surface area contributed by atoms with Crippen LogP contribution in [-0.2, 0) is 10.8 Å². The Bertz CT molecular complexity index is 4050. The van der Waals surface area contributed by atoms with Crippen LogP contribution >= 0.6 is 0 Å². The molecule has 1 unspecified atom stereocenters. The number of para-hydroxylation sites is 3. The van der Waals surface area contributed by atoms with Crippen LogP contribution in [0.25, 0.3) is 44.2 Å². The van der Waals surface area contributed by atoms with Gasteiger partial charge in [-0.3, -0.25) is 0 Å². The van der Waals surface area contributed by atoms with Gasteiger partial charge in [0, 0.05) is 34.0 Å². The van der Waals surface area contributed by atoms with Crippen LogP contribution in [0.3, 0.4) is 0 Å². The lowest BCUT2D eigenvalue weighted by Crippen LogP contribution is -2.28. The monoisotopic (exact) mass is 940 g/mol. The number of hydrogen-bond acceptors (Lipinski definition) is 2. The molecule has 0 amide bonds. The van der Waals surface area contributed by atoms with Gasteiger partial charge in [0.05, 0.1) is 16.5 Å². The van der Waals surface area contributed by atoms with Crippen molar-refractivity contribution < 1.29 is 0 Å². The standard InChI is InChI=1S/C72H48N2/c1-6-25-50(26-7-1)71(51-27-8-2-9-28-51)63-39-21-18-36-58(63)61-47-55(42-44-66(61)71)73(52-29-10-3-11-30-52)56-43-45-67-62(48-56)59-37-19-22-40-64(59)72(67)65-41-23-20-38-60(65)69-57-35-17-16-24-49(57)46-68(70(69)72)74(53-31-12-4-13-32-53)54-33-14-5-15-34-54/h1-48H. The first-order valence-corrected chi connectivity index (χ1v) is 25.8. The SMILES string of the molecule is c1ccc(N(c2ccc3c(c2)-c2ccccc2C3(c2ccccc2)c2ccccc2)c2ccc3c(c2)-c2ccccc2C32c3ccccc3-c3c2c(N(c2ccccc2)c2ccccc2)cc2ccccc32)cc1. The molecule has 2 nitrogen and oxygen atoms in total. The molecule has 0 aliphatic heterocycles. The maximum atomic E-state index is 2.49.